The highest BCUT2D eigenvalue weighted by atomic mass is 127. The van der Waals surface area contributed by atoms with E-state index >= 15 is 0 Å². The Hall–Kier alpha value is 0.310. The summed E-state index contributed by atoms with van der Waals surface area (Å²) < 4.78 is 5.54. The summed E-state index contributed by atoms with van der Waals surface area (Å²) in [5, 5.41) is 6.59. The number of nitrogens with one attached hydrogen (secondary N) is 2. The fourth-order valence-electron chi connectivity index (χ4n) is 1.66. The molecule has 1 aliphatic rings. The molecule has 1 aliphatic heterocycles. The van der Waals surface area contributed by atoms with E-state index < -0.39 is 0 Å². The molecule has 1 heterocycles. The number of rotatable bonds is 6. The van der Waals surface area contributed by atoms with Gasteiger partial charge in [-0.1, -0.05) is 0 Å². The van der Waals surface area contributed by atoms with Crippen LogP contribution in [-0.2, 0) is 4.74 Å². The lowest BCUT2D eigenvalue weighted by Crippen LogP contribution is -2.41. The van der Waals surface area contributed by atoms with E-state index in [0.717, 1.165) is 32.1 Å². The van der Waals surface area contributed by atoms with E-state index in [9.17, 15) is 0 Å². The van der Waals surface area contributed by atoms with Gasteiger partial charge in [-0.2, -0.15) is 11.8 Å². The van der Waals surface area contributed by atoms with Crippen LogP contribution >= 0.6 is 35.7 Å². The highest BCUT2D eigenvalue weighted by Crippen LogP contribution is 2.10. The zero-order chi connectivity index (χ0) is 11.6. The van der Waals surface area contributed by atoms with Crippen LogP contribution in [0.4, 0.5) is 0 Å². The molecule has 0 aliphatic carbocycles. The molecule has 1 atom stereocenters. The smallest absolute Gasteiger partial charge is 0.191 e. The molecule has 0 aromatic rings. The van der Waals surface area contributed by atoms with Gasteiger partial charge >= 0.3 is 0 Å². The fraction of sp³-hybridized carbons (Fsp3) is 0.909. The van der Waals surface area contributed by atoms with Crippen molar-refractivity contribution in [1.29, 1.82) is 0 Å². The van der Waals surface area contributed by atoms with E-state index in [-0.39, 0.29) is 24.0 Å². The molecule has 1 unspecified atom stereocenters. The molecule has 0 saturated carbocycles. The van der Waals surface area contributed by atoms with Crippen molar-refractivity contribution in [1.82, 2.24) is 10.6 Å². The zero-order valence-electron chi connectivity index (χ0n) is 10.7. The van der Waals surface area contributed by atoms with Crippen molar-refractivity contribution >= 4 is 41.7 Å². The molecule has 0 bridgehead atoms. The topological polar surface area (TPSA) is 45.7 Å². The van der Waals surface area contributed by atoms with Crippen LogP contribution in [0.3, 0.4) is 0 Å². The maximum atomic E-state index is 5.54. The van der Waals surface area contributed by atoms with E-state index in [1.165, 1.54) is 18.6 Å². The largest absolute Gasteiger partial charge is 0.376 e. The van der Waals surface area contributed by atoms with Gasteiger partial charge in [-0.15, -0.1) is 24.0 Å². The number of hydrogen-bond acceptors (Lipinski definition) is 3. The number of ether oxygens (including phenoxy) is 1. The summed E-state index contributed by atoms with van der Waals surface area (Å²) in [6.45, 7) is 2.75. The zero-order valence-corrected chi connectivity index (χ0v) is 13.8. The number of thioether (sulfide) groups is 1. The monoisotopic (exact) mass is 373 g/mol. The van der Waals surface area contributed by atoms with Crippen molar-refractivity contribution in [2.75, 3.05) is 38.8 Å². The minimum Gasteiger partial charge on any atom is -0.376 e. The summed E-state index contributed by atoms with van der Waals surface area (Å²) in [5.41, 5.74) is 0. The average molecular weight is 373 g/mol. The third kappa shape index (κ3) is 8.10. The Labute approximate surface area is 126 Å². The predicted octanol–water partition coefficient (Wildman–Crippen LogP) is 1.70. The van der Waals surface area contributed by atoms with Crippen molar-refractivity contribution < 1.29 is 4.74 Å². The van der Waals surface area contributed by atoms with Crippen molar-refractivity contribution in [2.24, 2.45) is 4.99 Å². The molecule has 6 heteroatoms. The van der Waals surface area contributed by atoms with Crippen LogP contribution in [0.15, 0.2) is 4.99 Å². The second kappa shape index (κ2) is 11.4. The Kier molecular flexibility index (Phi) is 11.6. The van der Waals surface area contributed by atoms with Gasteiger partial charge in [0.1, 0.15) is 0 Å². The lowest BCUT2D eigenvalue weighted by molar-refractivity contribution is 0.114. The average Bonchev–Trinajstić information content (AvgIpc) is 2.81. The predicted molar refractivity (Wildman–Crippen MR) is 86.8 cm³/mol. The van der Waals surface area contributed by atoms with E-state index in [0.29, 0.717) is 6.10 Å². The highest BCUT2D eigenvalue weighted by Gasteiger charge is 2.15. The molecule has 0 spiro atoms. The summed E-state index contributed by atoms with van der Waals surface area (Å²) in [7, 11) is 1.80. The Morgan fingerprint density at radius 2 is 2.29 bits per heavy atom. The third-order valence-electron chi connectivity index (χ3n) is 2.56. The third-order valence-corrected chi connectivity index (χ3v) is 3.26. The maximum Gasteiger partial charge on any atom is 0.191 e. The molecule has 4 nitrogen and oxygen atoms in total. The molecule has 17 heavy (non-hydrogen) atoms. The SMILES string of the molecule is CN=C(NCCCSC)NCC1CCCO1.I. The van der Waals surface area contributed by atoms with Crippen LogP contribution in [0.1, 0.15) is 19.3 Å². The number of nitrogens with zero attached hydrogens (tertiary/aromatic N) is 1. The Bertz CT molecular complexity index is 211. The van der Waals surface area contributed by atoms with Crippen LogP contribution in [0, 0.1) is 0 Å². The molecule has 102 valence electrons. The van der Waals surface area contributed by atoms with E-state index in [2.05, 4.69) is 21.9 Å². The normalized spacial score (nSPS) is 19.9. The number of hydrogen-bond donors (Lipinski definition) is 2. The van der Waals surface area contributed by atoms with Gasteiger partial charge in [-0.3, -0.25) is 4.99 Å². The molecule has 2 N–H and O–H groups in total. The first-order valence-corrected chi connectivity index (χ1v) is 7.31. The minimum atomic E-state index is 0. The van der Waals surface area contributed by atoms with Gasteiger partial charge in [0.25, 0.3) is 0 Å². The van der Waals surface area contributed by atoms with Gasteiger partial charge in [0.15, 0.2) is 5.96 Å². The van der Waals surface area contributed by atoms with E-state index in [1.54, 1.807) is 7.05 Å². The van der Waals surface area contributed by atoms with Gasteiger partial charge in [0.2, 0.25) is 0 Å². The van der Waals surface area contributed by atoms with Crippen LogP contribution in [0.5, 0.6) is 0 Å². The Morgan fingerprint density at radius 1 is 1.47 bits per heavy atom. The van der Waals surface area contributed by atoms with Crippen molar-refractivity contribution in [2.45, 2.75) is 25.4 Å². The second-order valence-corrected chi connectivity index (χ2v) is 4.85. The van der Waals surface area contributed by atoms with Gasteiger partial charge in [-0.05, 0) is 31.3 Å². The molecule has 1 saturated heterocycles. The van der Waals surface area contributed by atoms with E-state index in [1.807, 2.05) is 11.8 Å². The van der Waals surface area contributed by atoms with Crippen LogP contribution in [-0.4, -0.2) is 50.8 Å². The minimum absolute atomic E-state index is 0. The number of aliphatic imine (C=N–C) groups is 1. The van der Waals surface area contributed by atoms with Crippen LogP contribution in [0.2, 0.25) is 0 Å². The lowest BCUT2D eigenvalue weighted by atomic mass is 10.2. The molecule has 1 fully saturated rings. The summed E-state index contributed by atoms with van der Waals surface area (Å²) in [4.78, 5) is 4.18. The highest BCUT2D eigenvalue weighted by molar-refractivity contribution is 14.0. The maximum absolute atomic E-state index is 5.54. The molecular weight excluding hydrogens is 349 g/mol. The second-order valence-electron chi connectivity index (χ2n) is 3.86. The van der Waals surface area contributed by atoms with Gasteiger partial charge in [0.05, 0.1) is 6.10 Å². The summed E-state index contributed by atoms with van der Waals surface area (Å²) >= 11 is 1.87. The summed E-state index contributed by atoms with van der Waals surface area (Å²) in [6.07, 6.45) is 6.01. The quantitative estimate of drug-likeness (QED) is 0.322. The summed E-state index contributed by atoms with van der Waals surface area (Å²) in [6, 6.07) is 0. The number of halogens is 1. The summed E-state index contributed by atoms with van der Waals surface area (Å²) in [5.74, 6) is 2.08. The first-order valence-electron chi connectivity index (χ1n) is 5.92. The van der Waals surface area contributed by atoms with Gasteiger partial charge in [-0.25, -0.2) is 0 Å². The fourth-order valence-corrected chi connectivity index (χ4v) is 2.09. The molecule has 0 amide bonds. The lowest BCUT2D eigenvalue weighted by Gasteiger charge is -2.14. The molecule has 0 aromatic carbocycles. The molecular formula is C11H24IN3OS. The first kappa shape index (κ1) is 17.3. The van der Waals surface area contributed by atoms with Crippen LogP contribution in [0.25, 0.3) is 0 Å². The Balaban J connectivity index is 0.00000256. The van der Waals surface area contributed by atoms with Crippen molar-refractivity contribution in [3.8, 4) is 0 Å². The van der Waals surface area contributed by atoms with Crippen LogP contribution < -0.4 is 10.6 Å². The van der Waals surface area contributed by atoms with E-state index in [4.69, 9.17) is 4.74 Å². The standard InChI is InChI=1S/C11H23N3OS.HI/c1-12-11(13-6-4-8-16-2)14-9-10-5-3-7-15-10;/h10H,3-9H2,1-2H3,(H2,12,13,14);1H. The van der Waals surface area contributed by atoms with Crippen molar-refractivity contribution in [3.05, 3.63) is 0 Å². The molecule has 0 aromatic heterocycles. The van der Waals surface area contributed by atoms with Gasteiger partial charge < -0.3 is 15.4 Å². The molecule has 0 radical (unpaired) electrons. The van der Waals surface area contributed by atoms with Crippen molar-refractivity contribution in [3.63, 3.8) is 0 Å². The first-order chi connectivity index (χ1) is 7.86. The molecule has 1 rings (SSSR count). The number of guanidine groups is 1. The Morgan fingerprint density at radius 3 is 2.88 bits per heavy atom. The van der Waals surface area contributed by atoms with Gasteiger partial charge in [0, 0.05) is 26.7 Å².